The fraction of sp³-hybridized carbons (Fsp3) is 0.364. The lowest BCUT2D eigenvalue weighted by Crippen LogP contribution is -2.46. The van der Waals surface area contributed by atoms with Crippen LogP contribution in [0.2, 0.25) is 0 Å². The molecule has 0 bridgehead atoms. The van der Waals surface area contributed by atoms with E-state index in [2.05, 4.69) is 5.32 Å². The number of methoxy groups -OCH3 is 1. The molecule has 10 heteroatoms. The van der Waals surface area contributed by atoms with E-state index in [1.54, 1.807) is 6.07 Å². The molecule has 1 fully saturated rings. The number of benzene rings is 2. The van der Waals surface area contributed by atoms with Crippen LogP contribution in [0.1, 0.15) is 23.1 Å². The van der Waals surface area contributed by atoms with Crippen LogP contribution in [0.25, 0.3) is 0 Å². The summed E-state index contributed by atoms with van der Waals surface area (Å²) in [4.78, 5) is 26.5. The van der Waals surface area contributed by atoms with Crippen LogP contribution in [0.4, 0.5) is 17.6 Å². The molecule has 172 valence electrons. The van der Waals surface area contributed by atoms with Gasteiger partial charge in [-0.2, -0.15) is 13.2 Å². The highest BCUT2D eigenvalue weighted by molar-refractivity contribution is 5.89. The first-order chi connectivity index (χ1) is 15.1. The topological polar surface area (TPSA) is 78.9 Å². The maximum Gasteiger partial charge on any atom is 0.416 e. The first kappa shape index (κ1) is 23.5. The van der Waals surface area contributed by atoms with Crippen molar-refractivity contribution < 1.29 is 37.0 Å². The number of hydrogen-bond acceptors (Lipinski definition) is 4. The van der Waals surface area contributed by atoms with Gasteiger partial charge in [0.15, 0.2) is 0 Å². The molecule has 0 saturated carbocycles. The summed E-state index contributed by atoms with van der Waals surface area (Å²) in [6, 6.07) is 8.01. The van der Waals surface area contributed by atoms with Crippen LogP contribution in [0.15, 0.2) is 42.5 Å². The Labute approximate surface area is 181 Å². The summed E-state index contributed by atoms with van der Waals surface area (Å²) < 4.78 is 58.8. The molecule has 2 unspecified atom stereocenters. The molecule has 1 saturated heterocycles. The van der Waals surface area contributed by atoms with Gasteiger partial charge in [-0.1, -0.05) is 24.3 Å². The number of amides is 2. The van der Waals surface area contributed by atoms with Gasteiger partial charge in [0.25, 0.3) is 0 Å². The average Bonchev–Trinajstić information content (AvgIpc) is 3.15. The number of nitrogens with one attached hydrogen (secondary N) is 1. The number of β-amino-alcohol motifs (C(OH)–C–C–N with tert-alkyl or cyclic N) is 1. The quantitative estimate of drug-likeness (QED) is 0.658. The van der Waals surface area contributed by atoms with Crippen molar-refractivity contribution in [2.75, 3.05) is 13.7 Å². The van der Waals surface area contributed by atoms with Crippen LogP contribution in [0.3, 0.4) is 0 Å². The molecule has 0 aromatic heterocycles. The zero-order valence-corrected chi connectivity index (χ0v) is 17.2. The van der Waals surface area contributed by atoms with E-state index in [1.807, 2.05) is 0 Å². The van der Waals surface area contributed by atoms with Crippen LogP contribution in [0.5, 0.6) is 5.75 Å². The van der Waals surface area contributed by atoms with Crippen molar-refractivity contribution in [1.82, 2.24) is 10.2 Å². The Kier molecular flexibility index (Phi) is 7.02. The second kappa shape index (κ2) is 9.56. The summed E-state index contributed by atoms with van der Waals surface area (Å²) in [5.41, 5.74) is -0.975. The molecule has 2 aromatic carbocycles. The van der Waals surface area contributed by atoms with Gasteiger partial charge in [-0.15, -0.1) is 0 Å². The van der Waals surface area contributed by atoms with E-state index in [0.29, 0.717) is 0 Å². The molecule has 1 heterocycles. The van der Waals surface area contributed by atoms with Crippen molar-refractivity contribution in [2.24, 2.45) is 0 Å². The van der Waals surface area contributed by atoms with Gasteiger partial charge in [0, 0.05) is 19.5 Å². The van der Waals surface area contributed by atoms with E-state index in [0.717, 1.165) is 11.0 Å². The van der Waals surface area contributed by atoms with Gasteiger partial charge in [0.2, 0.25) is 11.8 Å². The molecule has 6 nitrogen and oxygen atoms in total. The van der Waals surface area contributed by atoms with Crippen LogP contribution in [-0.4, -0.2) is 47.6 Å². The zero-order valence-electron chi connectivity index (χ0n) is 17.2. The van der Waals surface area contributed by atoms with Gasteiger partial charge in [0.1, 0.15) is 17.6 Å². The molecule has 2 atom stereocenters. The fourth-order valence-corrected chi connectivity index (χ4v) is 3.64. The number of rotatable bonds is 6. The van der Waals surface area contributed by atoms with Gasteiger partial charge in [-0.25, -0.2) is 4.39 Å². The molecule has 1 aliphatic rings. The van der Waals surface area contributed by atoms with E-state index in [9.17, 15) is 32.3 Å². The summed E-state index contributed by atoms with van der Waals surface area (Å²) in [7, 11) is 1.25. The molecule has 0 aliphatic carbocycles. The predicted octanol–water partition coefficient (Wildman–Crippen LogP) is 2.67. The van der Waals surface area contributed by atoms with Gasteiger partial charge < -0.3 is 20.1 Å². The molecule has 3 rings (SSSR count). The average molecular weight is 454 g/mol. The normalized spacial score (nSPS) is 18.5. The second-order valence-corrected chi connectivity index (χ2v) is 7.46. The van der Waals surface area contributed by atoms with Crippen LogP contribution in [-0.2, 0) is 28.7 Å². The highest BCUT2D eigenvalue weighted by atomic mass is 19.4. The van der Waals surface area contributed by atoms with Gasteiger partial charge >= 0.3 is 6.18 Å². The van der Waals surface area contributed by atoms with Crippen molar-refractivity contribution >= 4 is 11.8 Å². The first-order valence-corrected chi connectivity index (χ1v) is 9.83. The lowest BCUT2D eigenvalue weighted by Gasteiger charge is -2.24. The van der Waals surface area contributed by atoms with Gasteiger partial charge in [-0.05, 0) is 29.3 Å². The Hall–Kier alpha value is -3.14. The highest BCUT2D eigenvalue weighted by Gasteiger charge is 2.39. The van der Waals surface area contributed by atoms with Crippen molar-refractivity contribution in [2.45, 2.75) is 37.7 Å². The minimum Gasteiger partial charge on any atom is -0.497 e. The Morgan fingerprint density at radius 3 is 2.56 bits per heavy atom. The van der Waals surface area contributed by atoms with E-state index in [-0.39, 0.29) is 36.3 Å². The Morgan fingerprint density at radius 2 is 1.91 bits per heavy atom. The summed E-state index contributed by atoms with van der Waals surface area (Å²) in [5, 5.41) is 12.4. The number of carbonyl (C=O) groups excluding carboxylic acids is 2. The molecule has 1 aliphatic heterocycles. The summed E-state index contributed by atoms with van der Waals surface area (Å²) in [6.45, 7) is -0.554. The molecular formula is C22H22F4N2O4. The minimum atomic E-state index is -4.65. The number of aliphatic hydroxyl groups is 1. The largest absolute Gasteiger partial charge is 0.497 e. The number of hydrogen-bond donors (Lipinski definition) is 2. The first-order valence-electron chi connectivity index (χ1n) is 9.83. The number of carbonyl (C=O) groups is 2. The number of aliphatic hydroxyl groups excluding tert-OH is 1. The minimum absolute atomic E-state index is 0.0243. The third kappa shape index (κ3) is 5.37. The third-order valence-corrected chi connectivity index (χ3v) is 5.28. The standard InChI is InChI=1S/C22H22F4N2O4/c1-32-16-7-6-14(17(10-16)22(24,25)26)11-27-21(31)19-9-15(29)12-28(19)20(30)8-13-4-2-3-5-18(13)23/h2-7,10,15,19,29H,8-9,11-12H2,1H3,(H,27,31). The monoisotopic (exact) mass is 454 g/mol. The summed E-state index contributed by atoms with van der Waals surface area (Å²) in [6.07, 6.45) is -5.99. The molecule has 2 N–H and O–H groups in total. The number of likely N-dealkylation sites (tertiary alicyclic amines) is 1. The summed E-state index contributed by atoms with van der Waals surface area (Å²) >= 11 is 0. The van der Waals surface area contributed by atoms with Crippen LogP contribution < -0.4 is 10.1 Å². The predicted molar refractivity (Wildman–Crippen MR) is 106 cm³/mol. The smallest absolute Gasteiger partial charge is 0.416 e. The van der Waals surface area contributed by atoms with Crippen LogP contribution >= 0.6 is 0 Å². The second-order valence-electron chi connectivity index (χ2n) is 7.46. The molecule has 0 spiro atoms. The van der Waals surface area contributed by atoms with Gasteiger partial charge in [-0.3, -0.25) is 9.59 Å². The Morgan fingerprint density at radius 1 is 1.19 bits per heavy atom. The molecule has 2 aromatic rings. The van der Waals surface area contributed by atoms with E-state index < -0.39 is 48.1 Å². The summed E-state index contributed by atoms with van der Waals surface area (Å²) in [5.74, 6) is -1.81. The molecule has 2 amide bonds. The third-order valence-electron chi connectivity index (χ3n) is 5.28. The van der Waals surface area contributed by atoms with Crippen molar-refractivity contribution in [3.63, 3.8) is 0 Å². The number of ether oxygens (including phenoxy) is 1. The molecule has 32 heavy (non-hydrogen) atoms. The SMILES string of the molecule is COc1ccc(CNC(=O)C2CC(O)CN2C(=O)Cc2ccccc2F)c(C(F)(F)F)c1. The Balaban J connectivity index is 1.71. The van der Waals surface area contributed by atoms with Crippen LogP contribution in [0, 0.1) is 5.82 Å². The zero-order chi connectivity index (χ0) is 23.5. The van der Waals surface area contributed by atoms with Gasteiger partial charge in [0.05, 0.1) is 25.2 Å². The number of halogens is 4. The van der Waals surface area contributed by atoms with E-state index in [4.69, 9.17) is 4.74 Å². The van der Waals surface area contributed by atoms with E-state index >= 15 is 0 Å². The van der Waals surface area contributed by atoms with E-state index in [1.165, 1.54) is 37.4 Å². The maximum absolute atomic E-state index is 13.9. The highest BCUT2D eigenvalue weighted by Crippen LogP contribution is 2.34. The lowest BCUT2D eigenvalue weighted by atomic mass is 10.1. The fourth-order valence-electron chi connectivity index (χ4n) is 3.64. The molecular weight excluding hydrogens is 432 g/mol. The number of nitrogens with zero attached hydrogens (tertiary/aromatic N) is 1. The molecule has 0 radical (unpaired) electrons. The Bertz CT molecular complexity index is 996. The van der Waals surface area contributed by atoms with Crippen molar-refractivity contribution in [3.8, 4) is 5.75 Å². The lowest BCUT2D eigenvalue weighted by molar-refractivity contribution is -0.139. The van der Waals surface area contributed by atoms with Crippen molar-refractivity contribution in [3.05, 3.63) is 65.0 Å². The number of alkyl halides is 3. The van der Waals surface area contributed by atoms with Crippen molar-refractivity contribution in [1.29, 1.82) is 0 Å². The maximum atomic E-state index is 13.9.